The molecule has 0 aliphatic heterocycles. The fourth-order valence-electron chi connectivity index (χ4n) is 6.52. The SMILES string of the molecule is CC(=O)CCCCCCCOc1cc(CN(Cc2cccc(C(=O)O)n2)Cc2cccc(C(=O)O)n2)nc(CN(Cc2cccc(C(=O)O)n2)Cc2cccc(C(=O)O)n2)c1. The summed E-state index contributed by atoms with van der Waals surface area (Å²) in [6, 6.07) is 22.3. The van der Waals surface area contributed by atoms with Crippen LogP contribution in [0.15, 0.2) is 84.9 Å². The maximum Gasteiger partial charge on any atom is 0.354 e. The summed E-state index contributed by atoms with van der Waals surface area (Å²) in [7, 11) is 0. The van der Waals surface area contributed by atoms with E-state index in [-0.39, 0.29) is 67.8 Å². The fraction of sp³-hybridized carbons (Fsp3) is 0.318. The van der Waals surface area contributed by atoms with Crippen LogP contribution in [-0.2, 0) is 44.1 Å². The van der Waals surface area contributed by atoms with Crippen LogP contribution >= 0.6 is 0 Å². The van der Waals surface area contributed by atoms with Crippen LogP contribution in [0.3, 0.4) is 0 Å². The van der Waals surface area contributed by atoms with Crippen molar-refractivity contribution in [1.82, 2.24) is 34.7 Å². The van der Waals surface area contributed by atoms with Crippen molar-refractivity contribution in [1.29, 1.82) is 0 Å². The third-order valence-corrected chi connectivity index (χ3v) is 9.26. The number of hydrogen-bond donors (Lipinski definition) is 4. The van der Waals surface area contributed by atoms with Crippen molar-refractivity contribution in [3.63, 3.8) is 0 Å². The van der Waals surface area contributed by atoms with Crippen molar-refractivity contribution < 1.29 is 49.1 Å². The predicted molar refractivity (Wildman–Crippen MR) is 219 cm³/mol. The molecular weight excluding hydrogens is 787 g/mol. The summed E-state index contributed by atoms with van der Waals surface area (Å²) in [5.41, 5.74) is 2.36. The smallest absolute Gasteiger partial charge is 0.354 e. The number of rotatable bonds is 25. The highest BCUT2D eigenvalue weighted by atomic mass is 16.5. The molecule has 0 bridgehead atoms. The molecule has 4 N–H and O–H groups in total. The minimum absolute atomic E-state index is 0.134. The largest absolute Gasteiger partial charge is 0.493 e. The average Bonchev–Trinajstić information content (AvgIpc) is 3.22. The quantitative estimate of drug-likeness (QED) is 0.0480. The van der Waals surface area contributed by atoms with E-state index in [0.29, 0.717) is 52.9 Å². The highest BCUT2D eigenvalue weighted by molar-refractivity contribution is 5.86. The van der Waals surface area contributed by atoms with E-state index in [2.05, 4.69) is 19.9 Å². The van der Waals surface area contributed by atoms with Crippen molar-refractivity contribution in [3.8, 4) is 5.75 Å². The number of carboxylic acids is 4. The fourth-order valence-corrected chi connectivity index (χ4v) is 6.52. The number of unbranched alkanes of at least 4 members (excludes halogenated alkanes) is 4. The molecule has 17 heteroatoms. The van der Waals surface area contributed by atoms with Gasteiger partial charge in [-0.2, -0.15) is 0 Å². The van der Waals surface area contributed by atoms with Crippen LogP contribution in [-0.4, -0.2) is 91.4 Å². The summed E-state index contributed by atoms with van der Waals surface area (Å²) in [5, 5.41) is 38.4. The Morgan fingerprint density at radius 2 is 0.787 bits per heavy atom. The highest BCUT2D eigenvalue weighted by Crippen LogP contribution is 2.22. The summed E-state index contributed by atoms with van der Waals surface area (Å²) in [5.74, 6) is -4.04. The van der Waals surface area contributed by atoms with E-state index in [1.165, 1.54) is 24.3 Å². The van der Waals surface area contributed by atoms with Gasteiger partial charge in [-0.15, -0.1) is 0 Å². The number of pyridine rings is 5. The van der Waals surface area contributed by atoms with Gasteiger partial charge in [0.2, 0.25) is 0 Å². The molecule has 0 fully saturated rings. The molecule has 5 aromatic rings. The predicted octanol–water partition coefficient (Wildman–Crippen LogP) is 6.17. The second-order valence-electron chi connectivity index (χ2n) is 14.4. The average molecular weight is 834 g/mol. The monoisotopic (exact) mass is 833 g/mol. The molecule has 0 aliphatic carbocycles. The van der Waals surface area contributed by atoms with E-state index in [1.54, 1.807) is 67.6 Å². The molecule has 0 unspecified atom stereocenters. The number of aromatic carboxylic acids is 4. The Bertz CT molecular complexity index is 2080. The van der Waals surface area contributed by atoms with E-state index in [9.17, 15) is 44.4 Å². The summed E-state index contributed by atoms with van der Waals surface area (Å²) in [6.07, 6.45) is 4.98. The Hall–Kier alpha value is -6.98. The zero-order valence-corrected chi connectivity index (χ0v) is 33.6. The second-order valence-corrected chi connectivity index (χ2v) is 14.4. The minimum atomic E-state index is -1.18. The first-order chi connectivity index (χ1) is 29.3. The molecule has 0 aliphatic rings. The van der Waals surface area contributed by atoms with Gasteiger partial charge in [-0.25, -0.2) is 39.1 Å². The standard InChI is InChI=1S/C44H47N7O10/c1-29(52)11-5-3-2-4-6-20-61-36-21-34(27-50(23-30-12-7-16-37(46-30)41(53)54)24-31-13-8-17-38(47-31)42(55)56)45-35(22-36)28-51(25-32-14-9-18-39(48-32)43(57)58)26-33-15-10-19-40(49-33)44(59)60/h7-10,12-19,21-22H,2-6,11,20,23-28H2,1H3,(H,53,54)(H,55,56)(H,57,58)(H,59,60). The first kappa shape index (κ1) is 45.1. The van der Waals surface area contributed by atoms with E-state index in [1.807, 2.05) is 9.80 Å². The van der Waals surface area contributed by atoms with Crippen LogP contribution in [0, 0.1) is 0 Å². The van der Waals surface area contributed by atoms with Crippen LogP contribution in [0.25, 0.3) is 0 Å². The molecule has 5 rings (SSSR count). The number of ether oxygens (including phenoxy) is 1. The van der Waals surface area contributed by atoms with Crippen molar-refractivity contribution in [3.05, 3.63) is 142 Å². The number of carboxylic acid groups (broad SMARTS) is 4. The van der Waals surface area contributed by atoms with Crippen LogP contribution in [0.2, 0.25) is 0 Å². The van der Waals surface area contributed by atoms with Gasteiger partial charge < -0.3 is 30.0 Å². The Balaban J connectivity index is 1.48. The lowest BCUT2D eigenvalue weighted by molar-refractivity contribution is -0.117. The van der Waals surface area contributed by atoms with Crippen molar-refractivity contribution in [2.45, 2.75) is 84.7 Å². The van der Waals surface area contributed by atoms with Crippen molar-refractivity contribution in [2.24, 2.45) is 0 Å². The molecule has 0 radical (unpaired) electrons. The normalized spacial score (nSPS) is 11.1. The van der Waals surface area contributed by atoms with Crippen molar-refractivity contribution >= 4 is 29.7 Å². The van der Waals surface area contributed by atoms with Crippen LogP contribution in [0.4, 0.5) is 0 Å². The first-order valence-electron chi connectivity index (χ1n) is 19.6. The van der Waals surface area contributed by atoms with E-state index < -0.39 is 23.9 Å². The first-order valence-corrected chi connectivity index (χ1v) is 19.6. The van der Waals surface area contributed by atoms with Gasteiger partial charge >= 0.3 is 23.9 Å². The Kier molecular flexibility index (Phi) is 16.6. The summed E-state index contributed by atoms with van der Waals surface area (Å²) >= 11 is 0. The van der Waals surface area contributed by atoms with E-state index in [0.717, 1.165) is 32.1 Å². The molecule has 0 amide bonds. The molecule has 318 valence electrons. The van der Waals surface area contributed by atoms with Crippen LogP contribution < -0.4 is 4.74 Å². The number of carbonyl (C=O) groups is 5. The number of ketones is 1. The van der Waals surface area contributed by atoms with Gasteiger partial charge in [-0.3, -0.25) is 14.8 Å². The van der Waals surface area contributed by atoms with E-state index >= 15 is 0 Å². The van der Waals surface area contributed by atoms with Gasteiger partial charge in [0, 0.05) is 57.8 Å². The topological polar surface area (TPSA) is 246 Å². The Morgan fingerprint density at radius 3 is 1.13 bits per heavy atom. The molecule has 0 atom stereocenters. The van der Waals surface area contributed by atoms with Gasteiger partial charge in [0.1, 0.15) is 34.3 Å². The van der Waals surface area contributed by atoms with Gasteiger partial charge in [0.05, 0.1) is 40.8 Å². The molecule has 0 saturated carbocycles. The molecule has 5 heterocycles. The van der Waals surface area contributed by atoms with Crippen LogP contribution in [0.1, 0.15) is 122 Å². The lowest BCUT2D eigenvalue weighted by Crippen LogP contribution is -2.26. The third-order valence-electron chi connectivity index (χ3n) is 9.26. The van der Waals surface area contributed by atoms with Gasteiger partial charge in [0.15, 0.2) is 0 Å². The molecule has 17 nitrogen and oxygen atoms in total. The molecular formula is C44H47N7O10. The zero-order chi connectivity index (χ0) is 43.7. The highest BCUT2D eigenvalue weighted by Gasteiger charge is 2.19. The number of Topliss-reactive ketones (excluding diaryl/α,β-unsaturated/α-hetero) is 1. The van der Waals surface area contributed by atoms with Crippen molar-refractivity contribution in [2.75, 3.05) is 6.61 Å². The lowest BCUT2D eigenvalue weighted by Gasteiger charge is -2.24. The maximum atomic E-state index is 11.8. The third kappa shape index (κ3) is 15.0. The molecule has 5 aromatic heterocycles. The van der Waals surface area contributed by atoms with Crippen LogP contribution in [0.5, 0.6) is 5.75 Å². The summed E-state index contributed by atoms with van der Waals surface area (Å²) in [4.78, 5) is 84.4. The van der Waals surface area contributed by atoms with Gasteiger partial charge in [-0.1, -0.05) is 43.5 Å². The summed E-state index contributed by atoms with van der Waals surface area (Å²) in [6.45, 7) is 2.92. The minimum Gasteiger partial charge on any atom is -0.493 e. The van der Waals surface area contributed by atoms with E-state index in [4.69, 9.17) is 9.72 Å². The second kappa shape index (κ2) is 22.4. The maximum absolute atomic E-state index is 11.8. The number of hydrogen-bond acceptors (Lipinski definition) is 13. The van der Waals surface area contributed by atoms with Gasteiger partial charge in [-0.05, 0) is 68.3 Å². The molecule has 0 saturated heterocycles. The Labute approximate surface area is 351 Å². The Morgan fingerprint density at radius 1 is 0.459 bits per heavy atom. The number of aromatic nitrogens is 5. The molecule has 61 heavy (non-hydrogen) atoms. The molecule has 0 spiro atoms. The van der Waals surface area contributed by atoms with Gasteiger partial charge in [0.25, 0.3) is 0 Å². The number of carbonyl (C=O) groups excluding carboxylic acids is 1. The number of nitrogens with zero attached hydrogens (tertiary/aromatic N) is 7. The summed E-state index contributed by atoms with van der Waals surface area (Å²) < 4.78 is 6.30. The lowest BCUT2D eigenvalue weighted by atomic mass is 10.1. The zero-order valence-electron chi connectivity index (χ0n) is 33.6. The molecule has 0 aromatic carbocycles.